The fourth-order valence-corrected chi connectivity index (χ4v) is 3.31. The van der Waals surface area contributed by atoms with Crippen molar-refractivity contribution in [1.29, 1.82) is 0 Å². The average molecular weight is 392 g/mol. The highest BCUT2D eigenvalue weighted by molar-refractivity contribution is 7.72. The van der Waals surface area contributed by atoms with Crippen LogP contribution in [-0.2, 0) is 25.1 Å². The Bertz CT molecular complexity index is 796. The van der Waals surface area contributed by atoms with E-state index in [1.165, 1.54) is 0 Å². The van der Waals surface area contributed by atoms with E-state index >= 15 is 0 Å². The zero-order valence-corrected chi connectivity index (χ0v) is 13.9. The second kappa shape index (κ2) is 7.38. The Morgan fingerprint density at radius 1 is 1.29 bits per heavy atom. The molecule has 0 radical (unpaired) electrons. The van der Waals surface area contributed by atoms with Crippen molar-refractivity contribution in [2.45, 2.75) is 18.7 Å². The van der Waals surface area contributed by atoms with Gasteiger partial charge in [0, 0.05) is 0 Å². The third kappa shape index (κ3) is 4.68. The van der Waals surface area contributed by atoms with Crippen molar-refractivity contribution in [3.8, 4) is 0 Å². The second-order valence-corrected chi connectivity index (χ2v) is 9.09. The molecule has 0 aliphatic carbocycles. The lowest BCUT2D eigenvalue weighted by atomic mass is 10.6. The molecule has 1 aromatic rings. The van der Waals surface area contributed by atoms with Crippen LogP contribution in [0.5, 0.6) is 0 Å². The van der Waals surface area contributed by atoms with Crippen molar-refractivity contribution < 1.29 is 42.6 Å². The van der Waals surface area contributed by atoms with E-state index in [4.69, 9.17) is 14.5 Å². The molecule has 1 rings (SSSR count). The van der Waals surface area contributed by atoms with Crippen LogP contribution < -0.4 is 11.2 Å². The van der Waals surface area contributed by atoms with Crippen molar-refractivity contribution in [2.75, 3.05) is 13.2 Å². The molecule has 0 aliphatic heterocycles. The van der Waals surface area contributed by atoms with Crippen LogP contribution in [0.2, 0.25) is 0 Å². The molecule has 1 heterocycles. The molecule has 1 aromatic heterocycles. The van der Waals surface area contributed by atoms with Crippen LogP contribution in [0.25, 0.3) is 0 Å². The minimum atomic E-state index is -5.35. The van der Waals surface area contributed by atoms with Gasteiger partial charge in [0.05, 0.1) is 19.4 Å². The Kier molecular flexibility index (Phi) is 6.42. The van der Waals surface area contributed by atoms with E-state index in [0.29, 0.717) is 17.7 Å². The quantitative estimate of drug-likeness (QED) is 0.263. The van der Waals surface area contributed by atoms with Crippen molar-refractivity contribution in [3.05, 3.63) is 32.9 Å². The summed E-state index contributed by atoms with van der Waals surface area (Å²) in [6.07, 6.45) is 0.581. The van der Waals surface area contributed by atoms with Crippen LogP contribution in [-0.4, -0.2) is 47.6 Å². The first kappa shape index (κ1) is 20.9. The monoisotopic (exact) mass is 392 g/mol. The summed E-state index contributed by atoms with van der Waals surface area (Å²) < 4.78 is 45.4. The number of aromatic nitrogens is 2. The Morgan fingerprint density at radius 2 is 1.88 bits per heavy atom. The molecule has 2 unspecified atom stereocenters. The van der Waals surface area contributed by atoms with E-state index in [2.05, 4.69) is 4.52 Å². The number of nitrogens with one attached hydrogen (secondary N) is 1. The number of nitrogens with zero attached hydrogens (tertiary/aromatic N) is 1. The van der Waals surface area contributed by atoms with Gasteiger partial charge in [0.15, 0.2) is 0 Å². The summed E-state index contributed by atoms with van der Waals surface area (Å²) in [5, 5.41) is 6.14. The maximum absolute atomic E-state index is 13.0. The maximum Gasteiger partial charge on any atom is 0.371 e. The molecule has 0 saturated carbocycles. The van der Waals surface area contributed by atoms with E-state index in [9.17, 15) is 33.1 Å². The smallest absolute Gasteiger partial charge is 0.368 e. The van der Waals surface area contributed by atoms with E-state index in [1.54, 1.807) is 4.98 Å². The highest BCUT2D eigenvalue weighted by atomic mass is 31.2. The van der Waals surface area contributed by atoms with Gasteiger partial charge in [0.25, 0.3) is 10.6 Å². The van der Waals surface area contributed by atoms with Gasteiger partial charge in [0.1, 0.15) is 6.73 Å². The molecule has 0 aromatic carbocycles. The van der Waals surface area contributed by atoms with E-state index < -0.39 is 57.3 Å². The molecule has 0 spiro atoms. The Hall–Kier alpha value is -1.17. The zero-order valence-electron chi connectivity index (χ0n) is 12.2. The normalized spacial score (nSPS) is 17.2. The zero-order chi connectivity index (χ0) is 18.8. The summed E-state index contributed by atoms with van der Waals surface area (Å²) in [5.41, 5.74) is -2.17. The second-order valence-electron chi connectivity index (χ2n) is 4.61. The molecule has 0 saturated heterocycles. The molecule has 5 N–H and O–H groups in total. The SMILES string of the molecule is CC(O)(P(=O)(O)O)P(=O)(O)OCCOCn1cc(F)c(=O)[nH]c1=O. The van der Waals surface area contributed by atoms with Gasteiger partial charge in [-0.3, -0.25) is 23.5 Å². The van der Waals surface area contributed by atoms with E-state index in [-0.39, 0.29) is 0 Å². The van der Waals surface area contributed by atoms with Crippen molar-refractivity contribution in [1.82, 2.24) is 9.55 Å². The maximum atomic E-state index is 13.0. The number of ether oxygens (including phenoxy) is 1. The summed E-state index contributed by atoms with van der Waals surface area (Å²) in [7, 11) is -10.5. The highest BCUT2D eigenvalue weighted by Crippen LogP contribution is 2.69. The van der Waals surface area contributed by atoms with Crippen LogP contribution in [0.1, 0.15) is 6.92 Å². The van der Waals surface area contributed by atoms with Crippen LogP contribution in [0, 0.1) is 5.82 Å². The molecule has 24 heavy (non-hydrogen) atoms. The molecule has 0 aliphatic rings. The molecule has 0 fully saturated rings. The number of rotatable bonds is 8. The summed E-state index contributed by atoms with van der Waals surface area (Å²) in [6, 6.07) is 0. The lowest BCUT2D eigenvalue weighted by Crippen LogP contribution is -2.32. The first-order valence-electron chi connectivity index (χ1n) is 6.12. The van der Waals surface area contributed by atoms with Crippen molar-refractivity contribution >= 4 is 15.2 Å². The van der Waals surface area contributed by atoms with E-state index in [0.717, 1.165) is 0 Å². The number of H-pyrrole nitrogens is 1. The number of aromatic amines is 1. The summed E-state index contributed by atoms with van der Waals surface area (Å²) in [5.74, 6) is -1.23. The molecular weight excluding hydrogens is 377 g/mol. The van der Waals surface area contributed by atoms with Gasteiger partial charge >= 0.3 is 20.9 Å². The Balaban J connectivity index is 2.57. The average Bonchev–Trinajstić information content (AvgIpc) is 2.42. The first-order chi connectivity index (χ1) is 10.8. The third-order valence-corrected chi connectivity index (χ3v) is 7.03. The van der Waals surface area contributed by atoms with Gasteiger partial charge in [-0.15, -0.1) is 0 Å². The number of hydrogen-bond acceptors (Lipinski definition) is 7. The van der Waals surface area contributed by atoms with Gasteiger partial charge in [-0.1, -0.05) is 0 Å². The minimum absolute atomic E-state index is 0.443. The fourth-order valence-electron chi connectivity index (χ4n) is 1.25. The standard InChI is InChI=1S/C9H15FN2O10P2/c1-9(15,23(16,17)18)24(19,20)22-3-2-21-5-12-4-6(10)7(13)11-8(12)14/h4,15H,2-3,5H2,1H3,(H,19,20)(H,11,13,14)(H2,16,17,18). The van der Waals surface area contributed by atoms with Crippen LogP contribution in [0.3, 0.4) is 0 Å². The molecule has 2 atom stereocenters. The van der Waals surface area contributed by atoms with E-state index in [1.807, 2.05) is 0 Å². The van der Waals surface area contributed by atoms with Gasteiger partial charge in [-0.25, -0.2) is 4.79 Å². The van der Waals surface area contributed by atoms with Gasteiger partial charge in [-0.2, -0.15) is 4.39 Å². The summed E-state index contributed by atoms with van der Waals surface area (Å²) >= 11 is 0. The number of hydrogen-bond donors (Lipinski definition) is 5. The lowest BCUT2D eigenvalue weighted by molar-refractivity contribution is 0.0420. The van der Waals surface area contributed by atoms with Gasteiger partial charge in [-0.05, 0) is 6.92 Å². The topological polar surface area (TPSA) is 188 Å². The number of halogens is 1. The third-order valence-electron chi connectivity index (χ3n) is 2.78. The molecule has 138 valence electrons. The van der Waals surface area contributed by atoms with Crippen molar-refractivity contribution in [3.63, 3.8) is 0 Å². The summed E-state index contributed by atoms with van der Waals surface area (Å²) in [4.78, 5) is 50.8. The largest absolute Gasteiger partial charge is 0.371 e. The predicted molar refractivity (Wildman–Crippen MR) is 75.7 cm³/mol. The first-order valence-corrected chi connectivity index (χ1v) is 9.31. The molecular formula is C9H15FN2O10P2. The number of aliphatic hydroxyl groups is 1. The van der Waals surface area contributed by atoms with Crippen LogP contribution in [0.15, 0.2) is 15.8 Å². The minimum Gasteiger partial charge on any atom is -0.368 e. The van der Waals surface area contributed by atoms with Gasteiger partial charge < -0.3 is 29.0 Å². The van der Waals surface area contributed by atoms with Gasteiger partial charge in [0.2, 0.25) is 5.82 Å². The predicted octanol–water partition coefficient (Wildman–Crippen LogP) is -1.30. The summed E-state index contributed by atoms with van der Waals surface area (Å²) in [6.45, 7) is -1.22. The molecule has 0 amide bonds. The molecule has 12 nitrogen and oxygen atoms in total. The van der Waals surface area contributed by atoms with Crippen LogP contribution >= 0.6 is 15.2 Å². The molecule has 0 bridgehead atoms. The van der Waals surface area contributed by atoms with Crippen LogP contribution in [0.4, 0.5) is 4.39 Å². The molecule has 15 heteroatoms. The lowest BCUT2D eigenvalue weighted by Gasteiger charge is -2.28. The fraction of sp³-hybridized carbons (Fsp3) is 0.556. The van der Waals surface area contributed by atoms with Crippen molar-refractivity contribution in [2.24, 2.45) is 0 Å². The Labute approximate surface area is 133 Å². The highest BCUT2D eigenvalue weighted by Gasteiger charge is 2.57. The Morgan fingerprint density at radius 3 is 2.42 bits per heavy atom.